The summed E-state index contributed by atoms with van der Waals surface area (Å²) in [6, 6.07) is 9.47. The van der Waals surface area contributed by atoms with Crippen molar-refractivity contribution in [3.05, 3.63) is 35.9 Å². The molecule has 108 valence electrons. The minimum atomic E-state index is -0.743. The molecule has 0 radical (unpaired) electrons. The zero-order valence-corrected chi connectivity index (χ0v) is 12.3. The van der Waals surface area contributed by atoms with Crippen LogP contribution < -0.4 is 0 Å². The highest BCUT2D eigenvalue weighted by Gasteiger charge is 2.64. The normalized spacial score (nSPS) is 36.5. The Balaban J connectivity index is 1.95. The number of esters is 1. The van der Waals surface area contributed by atoms with Crippen molar-refractivity contribution in [3.8, 4) is 0 Å². The van der Waals surface area contributed by atoms with Gasteiger partial charge in [0.05, 0.1) is 5.41 Å². The second kappa shape index (κ2) is 4.32. The molecule has 2 bridgehead atoms. The van der Waals surface area contributed by atoms with Crippen molar-refractivity contribution in [1.29, 1.82) is 0 Å². The average molecular weight is 274 g/mol. The molecule has 1 aromatic carbocycles. The molecule has 1 aliphatic carbocycles. The number of benzene rings is 1. The Hall–Kier alpha value is -1.35. The van der Waals surface area contributed by atoms with E-state index in [1.807, 2.05) is 37.3 Å². The van der Waals surface area contributed by atoms with Crippen LogP contribution in [-0.2, 0) is 9.53 Å². The number of rotatable bonds is 2. The van der Waals surface area contributed by atoms with E-state index in [2.05, 4.69) is 13.8 Å². The summed E-state index contributed by atoms with van der Waals surface area (Å²) >= 11 is 0. The molecular weight excluding hydrogens is 252 g/mol. The first-order chi connectivity index (χ1) is 9.38. The first kappa shape index (κ1) is 13.6. The van der Waals surface area contributed by atoms with Crippen LogP contribution in [0.25, 0.3) is 0 Å². The Morgan fingerprint density at radius 2 is 1.90 bits per heavy atom. The molecular formula is C17H22O3. The molecule has 1 N–H and O–H groups in total. The smallest absolute Gasteiger partial charge is 0.312 e. The van der Waals surface area contributed by atoms with E-state index in [0.717, 1.165) is 18.4 Å². The third-order valence-electron chi connectivity index (χ3n) is 5.85. The summed E-state index contributed by atoms with van der Waals surface area (Å²) in [6.45, 7) is 6.27. The number of cyclic esters (lactones) is 1. The summed E-state index contributed by atoms with van der Waals surface area (Å²) in [6.07, 6.45) is 0.605. The molecule has 0 aromatic heterocycles. The Morgan fingerprint density at radius 1 is 1.25 bits per heavy atom. The van der Waals surface area contributed by atoms with Crippen molar-refractivity contribution in [2.45, 2.75) is 45.8 Å². The number of fused-ring (bicyclic) bond motifs is 2. The van der Waals surface area contributed by atoms with E-state index in [0.29, 0.717) is 0 Å². The van der Waals surface area contributed by atoms with Gasteiger partial charge in [-0.15, -0.1) is 0 Å². The fourth-order valence-electron chi connectivity index (χ4n) is 3.94. The molecule has 1 aliphatic heterocycles. The monoisotopic (exact) mass is 274 g/mol. The molecule has 1 heterocycles. The lowest BCUT2D eigenvalue weighted by Gasteiger charge is -2.48. The van der Waals surface area contributed by atoms with Crippen LogP contribution in [0.15, 0.2) is 30.3 Å². The number of carbonyl (C=O) groups is 1. The Kier molecular flexibility index (Phi) is 2.94. The lowest BCUT2D eigenvalue weighted by Crippen LogP contribution is -2.53. The van der Waals surface area contributed by atoms with Crippen molar-refractivity contribution >= 4 is 5.97 Å². The van der Waals surface area contributed by atoms with Crippen molar-refractivity contribution in [3.63, 3.8) is 0 Å². The SMILES string of the molecule is CC12CCC(C(C(O)c3ccccc3)OC1=O)C2(C)C. The Bertz CT molecular complexity index is 522. The van der Waals surface area contributed by atoms with Crippen LogP contribution in [0.3, 0.4) is 0 Å². The van der Waals surface area contributed by atoms with Gasteiger partial charge in [-0.05, 0) is 30.7 Å². The molecule has 2 fully saturated rings. The average Bonchev–Trinajstić information content (AvgIpc) is 2.58. The number of ether oxygens (including phenoxy) is 1. The van der Waals surface area contributed by atoms with E-state index in [-0.39, 0.29) is 17.3 Å². The highest BCUT2D eigenvalue weighted by molar-refractivity contribution is 5.79. The van der Waals surface area contributed by atoms with Crippen LogP contribution >= 0.6 is 0 Å². The molecule has 3 rings (SSSR count). The van der Waals surface area contributed by atoms with Crippen LogP contribution in [-0.4, -0.2) is 17.2 Å². The number of hydrogen-bond donors (Lipinski definition) is 1. The summed E-state index contributed by atoms with van der Waals surface area (Å²) in [4.78, 5) is 12.4. The van der Waals surface area contributed by atoms with Gasteiger partial charge in [0.25, 0.3) is 0 Å². The third-order valence-corrected chi connectivity index (χ3v) is 5.85. The fraction of sp³-hybridized carbons (Fsp3) is 0.588. The topological polar surface area (TPSA) is 46.5 Å². The van der Waals surface area contributed by atoms with Crippen LogP contribution in [0.5, 0.6) is 0 Å². The molecule has 20 heavy (non-hydrogen) atoms. The minimum absolute atomic E-state index is 0.136. The van der Waals surface area contributed by atoms with Gasteiger partial charge >= 0.3 is 5.97 Å². The highest BCUT2D eigenvalue weighted by atomic mass is 16.6. The number of hydrogen-bond acceptors (Lipinski definition) is 3. The second-order valence-electron chi connectivity index (χ2n) is 6.92. The maximum atomic E-state index is 12.4. The van der Waals surface area contributed by atoms with Crippen molar-refractivity contribution in [2.24, 2.45) is 16.7 Å². The zero-order chi connectivity index (χ0) is 14.5. The van der Waals surface area contributed by atoms with E-state index in [9.17, 15) is 9.90 Å². The summed E-state index contributed by atoms with van der Waals surface area (Å²) in [7, 11) is 0. The second-order valence-corrected chi connectivity index (χ2v) is 6.92. The molecule has 4 atom stereocenters. The van der Waals surface area contributed by atoms with Gasteiger partial charge in [-0.25, -0.2) is 0 Å². The molecule has 0 amide bonds. The lowest BCUT2D eigenvalue weighted by atomic mass is 9.62. The maximum Gasteiger partial charge on any atom is 0.312 e. The highest BCUT2D eigenvalue weighted by Crippen LogP contribution is 2.62. The van der Waals surface area contributed by atoms with E-state index in [4.69, 9.17) is 4.74 Å². The van der Waals surface area contributed by atoms with E-state index < -0.39 is 17.6 Å². The largest absolute Gasteiger partial charge is 0.458 e. The van der Waals surface area contributed by atoms with Gasteiger partial charge in [0.1, 0.15) is 12.2 Å². The Labute approximate surface area is 120 Å². The van der Waals surface area contributed by atoms with Gasteiger partial charge in [0.15, 0.2) is 0 Å². The van der Waals surface area contributed by atoms with Gasteiger partial charge in [0, 0.05) is 5.92 Å². The summed E-state index contributed by atoms with van der Waals surface area (Å²) < 4.78 is 5.64. The van der Waals surface area contributed by atoms with Crippen molar-refractivity contribution in [2.75, 3.05) is 0 Å². The quantitative estimate of drug-likeness (QED) is 0.843. The molecule has 1 saturated carbocycles. The predicted octanol–water partition coefficient (Wildman–Crippen LogP) is 3.09. The fourth-order valence-corrected chi connectivity index (χ4v) is 3.94. The van der Waals surface area contributed by atoms with Crippen LogP contribution in [0.4, 0.5) is 0 Å². The van der Waals surface area contributed by atoms with Gasteiger partial charge in [-0.2, -0.15) is 0 Å². The van der Waals surface area contributed by atoms with Crippen LogP contribution in [0.1, 0.15) is 45.3 Å². The first-order valence-electron chi connectivity index (χ1n) is 7.32. The molecule has 4 unspecified atom stereocenters. The Morgan fingerprint density at radius 3 is 2.55 bits per heavy atom. The van der Waals surface area contributed by atoms with E-state index in [1.165, 1.54) is 0 Å². The molecule has 1 aromatic rings. The van der Waals surface area contributed by atoms with Gasteiger partial charge in [0.2, 0.25) is 0 Å². The summed E-state index contributed by atoms with van der Waals surface area (Å²) in [5, 5.41) is 10.6. The molecule has 1 saturated heterocycles. The lowest BCUT2D eigenvalue weighted by molar-refractivity contribution is -0.198. The van der Waals surface area contributed by atoms with Crippen LogP contribution in [0, 0.1) is 16.7 Å². The van der Waals surface area contributed by atoms with Crippen molar-refractivity contribution in [1.82, 2.24) is 0 Å². The predicted molar refractivity (Wildman–Crippen MR) is 75.9 cm³/mol. The van der Waals surface area contributed by atoms with Crippen molar-refractivity contribution < 1.29 is 14.6 Å². The standard InChI is InChI=1S/C17H22O3/c1-16(2)12-9-10-17(16,3)15(19)20-14(12)13(18)11-7-5-4-6-8-11/h4-8,12-14,18H,9-10H2,1-3H3. The zero-order valence-electron chi connectivity index (χ0n) is 12.3. The van der Waals surface area contributed by atoms with Gasteiger partial charge in [-0.1, -0.05) is 44.2 Å². The van der Waals surface area contributed by atoms with E-state index >= 15 is 0 Å². The molecule has 2 aliphatic rings. The summed E-state index contributed by atoms with van der Waals surface area (Å²) in [5.41, 5.74) is 0.268. The molecule has 3 nitrogen and oxygen atoms in total. The number of aliphatic hydroxyl groups excluding tert-OH is 1. The maximum absolute atomic E-state index is 12.4. The molecule has 0 spiro atoms. The number of aliphatic hydroxyl groups is 1. The van der Waals surface area contributed by atoms with Gasteiger partial charge in [-0.3, -0.25) is 4.79 Å². The number of carbonyl (C=O) groups excluding carboxylic acids is 1. The third kappa shape index (κ3) is 1.65. The first-order valence-corrected chi connectivity index (χ1v) is 7.32. The minimum Gasteiger partial charge on any atom is -0.458 e. The summed E-state index contributed by atoms with van der Waals surface area (Å²) in [5.74, 6) is 0.0524. The van der Waals surface area contributed by atoms with Gasteiger partial charge < -0.3 is 9.84 Å². The van der Waals surface area contributed by atoms with Crippen LogP contribution in [0.2, 0.25) is 0 Å². The molecule has 3 heteroatoms. The van der Waals surface area contributed by atoms with E-state index in [1.54, 1.807) is 0 Å².